The van der Waals surface area contributed by atoms with E-state index >= 15 is 0 Å². The molecule has 2 aromatic heterocycles. The predicted octanol–water partition coefficient (Wildman–Crippen LogP) is 5.99. The normalized spacial score (nSPS) is 20.1. The van der Waals surface area contributed by atoms with Crippen molar-refractivity contribution in [1.82, 2.24) is 19.5 Å². The Hall–Kier alpha value is -5.25. The van der Waals surface area contributed by atoms with Crippen LogP contribution < -0.4 is 20.0 Å². The molecule has 1 aliphatic rings. The van der Waals surface area contributed by atoms with Gasteiger partial charge in [0.1, 0.15) is 41.7 Å². The van der Waals surface area contributed by atoms with Crippen LogP contribution in [0.25, 0.3) is 11.2 Å². The van der Waals surface area contributed by atoms with Crippen molar-refractivity contribution in [2.75, 3.05) is 26.1 Å². The van der Waals surface area contributed by atoms with Gasteiger partial charge in [0, 0.05) is 5.56 Å². The number of nitrogens with one attached hydrogen (secondary N) is 1. The molecule has 1 aliphatic heterocycles. The van der Waals surface area contributed by atoms with Crippen LogP contribution >= 0.6 is 8.25 Å². The van der Waals surface area contributed by atoms with Crippen molar-refractivity contribution >= 4 is 45.1 Å². The maximum absolute atomic E-state index is 13.1. The van der Waals surface area contributed by atoms with E-state index in [1.807, 2.05) is 72.8 Å². The summed E-state index contributed by atoms with van der Waals surface area (Å²) in [6.07, 6.45) is -2.12. The zero-order valence-corrected chi connectivity index (χ0v) is 35.8. The van der Waals surface area contributed by atoms with Crippen molar-refractivity contribution in [3.8, 4) is 11.5 Å². The van der Waals surface area contributed by atoms with E-state index in [0.29, 0.717) is 11.3 Å². The summed E-state index contributed by atoms with van der Waals surface area (Å²) < 4.78 is 44.3. The van der Waals surface area contributed by atoms with E-state index in [2.05, 4.69) is 53.7 Å². The van der Waals surface area contributed by atoms with Crippen LogP contribution in [0.5, 0.6) is 11.5 Å². The highest BCUT2D eigenvalue weighted by atomic mass is 31.1. The number of carbonyl (C=O) groups is 1. The van der Waals surface area contributed by atoms with Crippen molar-refractivity contribution in [3.63, 3.8) is 0 Å². The van der Waals surface area contributed by atoms with E-state index in [9.17, 15) is 19.4 Å². The first-order chi connectivity index (χ1) is 28.3. The van der Waals surface area contributed by atoms with Gasteiger partial charge in [0.2, 0.25) is 0 Å². The summed E-state index contributed by atoms with van der Waals surface area (Å²) in [5, 5.41) is 16.4. The first-order valence-electron chi connectivity index (χ1n) is 19.1. The second-order valence-electron chi connectivity index (χ2n) is 15.4. The van der Waals surface area contributed by atoms with Gasteiger partial charge in [-0.3, -0.25) is 13.9 Å². The van der Waals surface area contributed by atoms with Gasteiger partial charge in [-0.1, -0.05) is 100 Å². The van der Waals surface area contributed by atoms with E-state index in [1.54, 1.807) is 38.5 Å². The lowest BCUT2D eigenvalue weighted by Gasteiger charge is -2.40. The average Bonchev–Trinajstić information content (AvgIpc) is 3.82. The van der Waals surface area contributed by atoms with Crippen LogP contribution in [0.2, 0.25) is 11.6 Å². The molecule has 6 aromatic rings. The fourth-order valence-electron chi connectivity index (χ4n) is 7.45. The van der Waals surface area contributed by atoms with Gasteiger partial charge < -0.3 is 38.8 Å². The Balaban J connectivity index is 1.37. The molecule has 59 heavy (non-hydrogen) atoms. The van der Waals surface area contributed by atoms with E-state index < -0.39 is 47.2 Å². The minimum absolute atomic E-state index is 0.00319. The lowest BCUT2D eigenvalue weighted by atomic mass is 9.79. The Morgan fingerprint density at radius 3 is 2.20 bits per heavy atom. The van der Waals surface area contributed by atoms with Crippen LogP contribution in [-0.4, -0.2) is 83.4 Å². The Kier molecular flexibility index (Phi) is 12.5. The Bertz CT molecular complexity index is 2420. The van der Waals surface area contributed by atoms with Crippen molar-refractivity contribution in [2.24, 2.45) is 0 Å². The van der Waals surface area contributed by atoms with Gasteiger partial charge in [0.15, 0.2) is 23.2 Å². The summed E-state index contributed by atoms with van der Waals surface area (Å²) in [6.45, 7) is 8.60. The first-order valence-corrected chi connectivity index (χ1v) is 22.7. The van der Waals surface area contributed by atoms with Gasteiger partial charge in [-0.15, -0.1) is 0 Å². The number of hydrogen-bond donors (Lipinski definition) is 3. The lowest BCUT2D eigenvalue weighted by molar-refractivity contribution is -0.110. The molecule has 7 rings (SSSR count). The molecular formula is C43H48N5O9PSi. The molecule has 0 saturated carbocycles. The molecule has 0 bridgehead atoms. The van der Waals surface area contributed by atoms with Gasteiger partial charge in [-0.2, -0.15) is 0 Å². The topological polar surface area (TPSA) is 176 Å². The number of carbonyl (C=O) groups excluding carboxylic acids is 1. The molecule has 3 heterocycles. The quantitative estimate of drug-likeness (QED) is 0.0665. The highest BCUT2D eigenvalue weighted by Gasteiger charge is 2.52. The molecule has 1 amide bonds. The number of nitrogens with zero attached hydrogens (tertiary/aromatic N) is 4. The van der Waals surface area contributed by atoms with Crippen molar-refractivity contribution < 1.29 is 42.8 Å². The molecular weight excluding hydrogens is 790 g/mol. The number of fused-ring (bicyclic) bond motifs is 1. The van der Waals surface area contributed by atoms with Gasteiger partial charge in [0.25, 0.3) is 5.91 Å². The second-order valence-corrected chi connectivity index (χ2v) is 20.0. The number of amides is 1. The highest BCUT2D eigenvalue weighted by Crippen LogP contribution is 2.46. The number of aliphatic hydroxyl groups excluding tert-OH is 1. The number of aromatic nitrogens is 4. The largest absolute Gasteiger partial charge is 0.497 e. The molecule has 0 aliphatic carbocycles. The van der Waals surface area contributed by atoms with E-state index in [0.717, 1.165) is 27.6 Å². The summed E-state index contributed by atoms with van der Waals surface area (Å²) in [4.78, 5) is 36.2. The van der Waals surface area contributed by atoms with Crippen LogP contribution in [0.4, 0.5) is 5.82 Å². The molecule has 14 nitrogen and oxygen atoms in total. The monoisotopic (exact) mass is 837 g/mol. The third kappa shape index (κ3) is 8.46. The molecule has 308 valence electrons. The average molecular weight is 838 g/mol. The van der Waals surface area contributed by atoms with Gasteiger partial charge >= 0.3 is 8.25 Å². The molecule has 16 heteroatoms. The summed E-state index contributed by atoms with van der Waals surface area (Å²) in [6, 6.07) is 32.0. The van der Waals surface area contributed by atoms with Crippen molar-refractivity contribution in [1.29, 1.82) is 0 Å². The molecule has 4 aromatic carbocycles. The number of aliphatic hydroxyl groups is 1. The number of ether oxygens (including phenoxy) is 4. The summed E-state index contributed by atoms with van der Waals surface area (Å²) in [5.41, 5.74) is 1.77. The standard InChI is InChI=1S/C43H48N5O9PSi/c1-42(2,3)59(6)34-23-30(19-22-32(34)54-5)43(28-15-11-8-12-16-28,29-17-20-31(53-4)21-18-29)57-37-33(24-55-58(51)52)56-41(36(37)49)48-26-46-35-38(44-25-45-39(35)48)47-40(50)27-13-9-7-10-14-27/h7-23,25-26,33,36-37,41,49,58-59H,24H2,1-6H3,(H,51,52)(H,44,45,47,50)/t33-,36?,37?,41-,43?,59?/m1/s1. The predicted molar refractivity (Wildman–Crippen MR) is 226 cm³/mol. The number of anilines is 1. The Labute approximate surface area is 344 Å². The van der Waals surface area contributed by atoms with Gasteiger partial charge in [-0.25, -0.2) is 15.0 Å². The summed E-state index contributed by atoms with van der Waals surface area (Å²) >= 11 is 0. The maximum atomic E-state index is 13.1. The molecule has 1 saturated heterocycles. The van der Waals surface area contributed by atoms with E-state index in [1.165, 1.54) is 17.2 Å². The first kappa shape index (κ1) is 41.9. The Morgan fingerprint density at radius 2 is 1.56 bits per heavy atom. The molecule has 0 spiro atoms. The lowest BCUT2D eigenvalue weighted by Crippen LogP contribution is -2.46. The van der Waals surface area contributed by atoms with Crippen LogP contribution in [0.3, 0.4) is 0 Å². The fourth-order valence-corrected chi connectivity index (χ4v) is 9.76. The molecule has 0 radical (unpaired) electrons. The zero-order chi connectivity index (χ0) is 41.9. The number of hydrogen-bond acceptors (Lipinski definition) is 11. The minimum atomic E-state index is -3.42. The summed E-state index contributed by atoms with van der Waals surface area (Å²) in [5.74, 6) is 1.18. The van der Waals surface area contributed by atoms with Gasteiger partial charge in [-0.05, 0) is 57.2 Å². The van der Waals surface area contributed by atoms with Crippen molar-refractivity contribution in [2.45, 2.75) is 62.5 Å². The van der Waals surface area contributed by atoms with E-state index in [-0.39, 0.29) is 34.5 Å². The molecule has 5 unspecified atom stereocenters. The third-order valence-electron chi connectivity index (χ3n) is 11.0. The fraction of sp³-hybridized carbons (Fsp3) is 0.302. The van der Waals surface area contributed by atoms with Crippen LogP contribution in [0.15, 0.2) is 116 Å². The smallest absolute Gasteiger partial charge is 0.316 e. The number of methoxy groups -OCH3 is 2. The minimum Gasteiger partial charge on any atom is -0.497 e. The van der Waals surface area contributed by atoms with Crippen LogP contribution in [-0.2, 0) is 24.2 Å². The highest BCUT2D eigenvalue weighted by molar-refractivity contribution is 7.32. The maximum Gasteiger partial charge on any atom is 0.316 e. The number of imidazole rings is 1. The molecule has 1 fully saturated rings. The van der Waals surface area contributed by atoms with Gasteiger partial charge in [0.05, 0.1) is 36.0 Å². The van der Waals surface area contributed by atoms with Crippen molar-refractivity contribution in [3.05, 3.63) is 138 Å². The summed E-state index contributed by atoms with van der Waals surface area (Å²) in [7, 11) is -1.85. The SMILES string of the molecule is COc1ccc(C(OC2C(O)[C@H](n3cnc4c(NC(=O)c5ccccc5)ncnc43)O[C@@H]2CO[PH](=O)O)(c2ccccc2)c2ccc(OC)c([SiH](C)C(C)(C)C)c2)cc1. The van der Waals surface area contributed by atoms with Crippen LogP contribution in [0, 0.1) is 0 Å². The van der Waals surface area contributed by atoms with E-state index in [4.69, 9.17) is 23.5 Å². The molecule has 3 N–H and O–H groups in total. The molecule has 7 atom stereocenters. The third-order valence-corrected chi connectivity index (χ3v) is 15.4. The zero-order valence-electron chi connectivity index (χ0n) is 33.6. The second kappa shape index (κ2) is 17.5. The number of rotatable bonds is 14. The number of benzene rings is 4. The van der Waals surface area contributed by atoms with Crippen LogP contribution in [0.1, 0.15) is 54.0 Å². The Morgan fingerprint density at radius 1 is 0.898 bits per heavy atom.